The van der Waals surface area contributed by atoms with Crippen molar-refractivity contribution >= 4 is 11.6 Å². The highest BCUT2D eigenvalue weighted by molar-refractivity contribution is 5.77. The first kappa shape index (κ1) is 20.3. The fraction of sp³-hybridized carbons (Fsp3) is 0.545. The van der Waals surface area contributed by atoms with Crippen molar-refractivity contribution in [1.29, 1.82) is 0 Å². The van der Waals surface area contributed by atoms with Crippen LogP contribution in [0.5, 0.6) is 0 Å². The van der Waals surface area contributed by atoms with E-state index in [0.717, 1.165) is 25.0 Å². The van der Waals surface area contributed by atoms with E-state index in [1.807, 2.05) is 29.4 Å². The van der Waals surface area contributed by atoms with Gasteiger partial charge in [0.25, 0.3) is 5.56 Å². The highest BCUT2D eigenvalue weighted by Gasteiger charge is 2.41. The van der Waals surface area contributed by atoms with Crippen molar-refractivity contribution < 1.29 is 14.7 Å². The Hall–Kier alpha value is -2.62. The predicted octanol–water partition coefficient (Wildman–Crippen LogP) is 1.88. The summed E-state index contributed by atoms with van der Waals surface area (Å²) < 4.78 is 9.33. The number of likely N-dealkylation sites (tertiary alicyclic amines) is 1. The average Bonchev–Trinajstić information content (AvgIpc) is 3.30. The van der Waals surface area contributed by atoms with Gasteiger partial charge in [-0.05, 0) is 49.4 Å². The summed E-state index contributed by atoms with van der Waals surface area (Å²) in [5.74, 6) is 0.340. The molecular formula is C22H27N4O5-. The maximum absolute atomic E-state index is 13.4. The van der Waals surface area contributed by atoms with Crippen LogP contribution in [0.1, 0.15) is 37.3 Å². The van der Waals surface area contributed by atoms with Crippen LogP contribution in [0.3, 0.4) is 0 Å². The normalized spacial score (nSPS) is 24.5. The van der Waals surface area contributed by atoms with Crippen LogP contribution in [0.15, 0.2) is 41.5 Å². The molecule has 2 aromatic rings. The summed E-state index contributed by atoms with van der Waals surface area (Å²) in [7, 11) is 0. The lowest BCUT2D eigenvalue weighted by atomic mass is 9.81. The van der Waals surface area contributed by atoms with Gasteiger partial charge in [0.15, 0.2) is 0 Å². The number of anilines is 1. The number of piperidine rings is 1. The van der Waals surface area contributed by atoms with Gasteiger partial charge in [-0.3, -0.25) is 14.8 Å². The topological polar surface area (TPSA) is 103 Å². The van der Waals surface area contributed by atoms with Crippen LogP contribution in [0.25, 0.3) is 0 Å². The second kappa shape index (κ2) is 7.81. The molecule has 5 rings (SSSR count). The molecule has 2 atom stereocenters. The molecule has 3 aliphatic rings. The maximum Gasteiger partial charge on any atom is 0.275 e. The summed E-state index contributed by atoms with van der Waals surface area (Å²) in [6.45, 7) is 2.91. The molecule has 9 nitrogen and oxygen atoms in total. The number of nitrogens with zero attached hydrogens (tertiary/aromatic N) is 4. The number of amides is 1. The molecule has 0 saturated carbocycles. The number of carbonyl (C=O) groups excluding carboxylic acids is 1. The molecule has 2 fully saturated rings. The molecule has 0 aromatic carbocycles. The molecule has 3 aliphatic heterocycles. The van der Waals surface area contributed by atoms with Crippen molar-refractivity contribution in [3.05, 3.63) is 57.9 Å². The first-order chi connectivity index (χ1) is 15.0. The Labute approximate surface area is 180 Å². The van der Waals surface area contributed by atoms with E-state index in [2.05, 4.69) is 4.57 Å². The Morgan fingerprint density at radius 3 is 2.65 bits per heavy atom. The second-order valence-electron chi connectivity index (χ2n) is 9.03. The molecule has 31 heavy (non-hydrogen) atoms. The molecular weight excluding hydrogens is 400 g/mol. The summed E-state index contributed by atoms with van der Waals surface area (Å²) in [5.41, 5.74) is -0.174. The molecule has 166 valence electrons. The van der Waals surface area contributed by atoms with E-state index < -0.39 is 5.56 Å². The third-order valence-corrected chi connectivity index (χ3v) is 7.20. The van der Waals surface area contributed by atoms with Crippen LogP contribution in [0.2, 0.25) is 0 Å². The molecule has 2 saturated heterocycles. The number of hydrogen-bond acceptors (Lipinski definition) is 6. The number of pyridine rings is 1. The van der Waals surface area contributed by atoms with Gasteiger partial charge in [-0.25, -0.2) is 0 Å². The van der Waals surface area contributed by atoms with Gasteiger partial charge in [-0.1, -0.05) is 0 Å². The Bertz CT molecular complexity index is 1010. The SMILES string of the molecule is O=C(CC1(n2cccc2)CCOCC1)N1CC2CC(C1)c1ccc(N([O-])O)c(=O)n1C2. The van der Waals surface area contributed by atoms with Crippen molar-refractivity contribution in [3.8, 4) is 0 Å². The molecule has 5 heterocycles. The molecule has 2 unspecified atom stereocenters. The molecule has 2 bridgehead atoms. The third-order valence-electron chi connectivity index (χ3n) is 7.20. The van der Waals surface area contributed by atoms with E-state index in [0.29, 0.717) is 39.3 Å². The molecule has 9 heteroatoms. The highest BCUT2D eigenvalue weighted by Crippen LogP contribution is 2.38. The van der Waals surface area contributed by atoms with E-state index in [1.54, 1.807) is 10.6 Å². The van der Waals surface area contributed by atoms with Crippen molar-refractivity contribution in [2.24, 2.45) is 5.92 Å². The van der Waals surface area contributed by atoms with Gasteiger partial charge in [0.05, 0.1) is 12.0 Å². The van der Waals surface area contributed by atoms with E-state index in [4.69, 9.17) is 4.74 Å². The minimum Gasteiger partial charge on any atom is -0.733 e. The van der Waals surface area contributed by atoms with E-state index in [9.17, 15) is 20.0 Å². The van der Waals surface area contributed by atoms with Gasteiger partial charge in [0.2, 0.25) is 5.91 Å². The fourth-order valence-electron chi connectivity index (χ4n) is 5.61. The molecule has 1 amide bonds. The van der Waals surface area contributed by atoms with Crippen molar-refractivity contribution in [2.45, 2.75) is 43.7 Å². The van der Waals surface area contributed by atoms with E-state index >= 15 is 0 Å². The van der Waals surface area contributed by atoms with E-state index in [1.165, 1.54) is 6.07 Å². The van der Waals surface area contributed by atoms with Crippen LogP contribution in [-0.4, -0.2) is 51.5 Å². The molecule has 0 aliphatic carbocycles. The molecule has 2 aromatic heterocycles. The van der Waals surface area contributed by atoms with Gasteiger partial charge in [-0.2, -0.15) is 0 Å². The quantitative estimate of drug-likeness (QED) is 0.748. The van der Waals surface area contributed by atoms with Crippen molar-refractivity contribution in [1.82, 2.24) is 14.0 Å². The summed E-state index contributed by atoms with van der Waals surface area (Å²) in [4.78, 5) is 28.0. The highest BCUT2D eigenvalue weighted by atomic mass is 16.8. The van der Waals surface area contributed by atoms with Crippen LogP contribution in [-0.2, 0) is 21.6 Å². The summed E-state index contributed by atoms with van der Waals surface area (Å²) in [6.07, 6.45) is 7.03. The second-order valence-corrected chi connectivity index (χ2v) is 9.03. The van der Waals surface area contributed by atoms with Crippen molar-refractivity contribution in [2.75, 3.05) is 31.5 Å². The number of hydrogen-bond donors (Lipinski definition) is 1. The van der Waals surface area contributed by atoms with Gasteiger partial charge in [0.1, 0.15) is 5.69 Å². The first-order valence-corrected chi connectivity index (χ1v) is 10.9. The van der Waals surface area contributed by atoms with Crippen LogP contribution >= 0.6 is 0 Å². The zero-order chi connectivity index (χ0) is 21.6. The number of fused-ring (bicyclic) bond motifs is 4. The third kappa shape index (κ3) is 3.56. The Balaban J connectivity index is 1.37. The fourth-order valence-corrected chi connectivity index (χ4v) is 5.61. The number of carbonyl (C=O) groups is 1. The van der Waals surface area contributed by atoms with E-state index in [-0.39, 0.29) is 34.2 Å². The Morgan fingerprint density at radius 2 is 1.94 bits per heavy atom. The van der Waals surface area contributed by atoms with Gasteiger partial charge in [0, 0.05) is 56.9 Å². The Morgan fingerprint density at radius 1 is 1.19 bits per heavy atom. The minimum absolute atomic E-state index is 0.0502. The monoisotopic (exact) mass is 427 g/mol. The number of rotatable bonds is 4. The average molecular weight is 427 g/mol. The lowest BCUT2D eigenvalue weighted by Crippen LogP contribution is -2.51. The maximum atomic E-state index is 13.4. The molecule has 1 N–H and O–H groups in total. The number of ether oxygens (including phenoxy) is 1. The minimum atomic E-state index is -0.474. The van der Waals surface area contributed by atoms with Crippen molar-refractivity contribution in [3.63, 3.8) is 0 Å². The summed E-state index contributed by atoms with van der Waals surface area (Å²) >= 11 is 0. The molecule has 0 spiro atoms. The zero-order valence-electron chi connectivity index (χ0n) is 17.4. The standard InChI is InChI=1S/C22H27N4O5/c27-20(12-22(5-9-31-10-6-22)24-7-1-2-8-24)23-13-16-11-17(15-23)18-3-4-19(26(29)30)21(28)25(18)14-16/h1-4,7-8,16-17,29H,5-6,9-15H2/q-1. The van der Waals surface area contributed by atoms with Gasteiger partial charge in [-0.15, -0.1) is 0 Å². The van der Waals surface area contributed by atoms with Crippen LogP contribution in [0.4, 0.5) is 5.69 Å². The lowest BCUT2D eigenvalue weighted by molar-refractivity contribution is -0.137. The van der Waals surface area contributed by atoms with Gasteiger partial charge >= 0.3 is 0 Å². The Kier molecular flexibility index (Phi) is 5.11. The van der Waals surface area contributed by atoms with Gasteiger partial charge < -0.3 is 29.2 Å². The zero-order valence-corrected chi connectivity index (χ0v) is 17.4. The lowest BCUT2D eigenvalue weighted by Gasteiger charge is -2.45. The van der Waals surface area contributed by atoms with Crippen LogP contribution in [0, 0.1) is 11.1 Å². The summed E-state index contributed by atoms with van der Waals surface area (Å²) in [5, 5.41) is 20.1. The largest absolute Gasteiger partial charge is 0.733 e. The predicted molar refractivity (Wildman–Crippen MR) is 113 cm³/mol. The first-order valence-electron chi connectivity index (χ1n) is 10.9. The number of aromatic nitrogens is 2. The molecule has 0 radical (unpaired) electrons. The smallest absolute Gasteiger partial charge is 0.275 e. The summed E-state index contributed by atoms with van der Waals surface area (Å²) in [6, 6.07) is 7.08. The van der Waals surface area contributed by atoms with Crippen LogP contribution < -0.4 is 10.8 Å².